The summed E-state index contributed by atoms with van der Waals surface area (Å²) in [7, 11) is 0. The van der Waals surface area contributed by atoms with E-state index in [-0.39, 0.29) is 0 Å². The fourth-order valence-electron chi connectivity index (χ4n) is 6.91. The standard InChI is InChI=1S/C18H28O/c1-17-8-3-4-15(17)14-6-5-12-10-13(19)11-18(12,2)16(14)7-9-17/h12,14-16H,3-11H2,1-2H3/t12-,14-,15+,16+,17-,18-/m0/s1. The number of hydrogen-bond donors (Lipinski definition) is 0. The van der Waals surface area contributed by atoms with Gasteiger partial charge in [-0.3, -0.25) is 4.79 Å². The summed E-state index contributed by atoms with van der Waals surface area (Å²) in [6.45, 7) is 5.03. The third-order valence-corrected chi connectivity index (χ3v) is 7.90. The first-order chi connectivity index (χ1) is 9.03. The number of fused-ring (bicyclic) bond motifs is 5. The van der Waals surface area contributed by atoms with Gasteiger partial charge in [0.15, 0.2) is 0 Å². The SMILES string of the molecule is C[C@@]12CCC[C@@H]1[C@@H]1CC[C@H]3CC(=O)C[C@]3(C)[C@@H]1CC2. The Labute approximate surface area is 117 Å². The van der Waals surface area contributed by atoms with Crippen molar-refractivity contribution < 1.29 is 4.79 Å². The fourth-order valence-corrected chi connectivity index (χ4v) is 6.91. The molecule has 1 nitrogen and oxygen atoms in total. The van der Waals surface area contributed by atoms with Crippen LogP contribution in [0.15, 0.2) is 0 Å². The minimum Gasteiger partial charge on any atom is -0.300 e. The van der Waals surface area contributed by atoms with Gasteiger partial charge in [0, 0.05) is 12.8 Å². The molecular weight excluding hydrogens is 232 g/mol. The van der Waals surface area contributed by atoms with Gasteiger partial charge in [0.05, 0.1) is 0 Å². The summed E-state index contributed by atoms with van der Waals surface area (Å²) in [6, 6.07) is 0. The summed E-state index contributed by atoms with van der Waals surface area (Å²) in [5, 5.41) is 0. The van der Waals surface area contributed by atoms with Gasteiger partial charge in [0.1, 0.15) is 5.78 Å². The first-order valence-corrected chi connectivity index (χ1v) is 8.55. The van der Waals surface area contributed by atoms with Crippen LogP contribution in [-0.4, -0.2) is 5.78 Å². The number of ketones is 1. The Hall–Kier alpha value is -0.330. The molecular formula is C18H28O. The highest BCUT2D eigenvalue weighted by molar-refractivity contribution is 5.82. The normalized spacial score (nSPS) is 56.6. The van der Waals surface area contributed by atoms with E-state index in [1.165, 1.54) is 44.9 Å². The molecule has 4 fully saturated rings. The Kier molecular flexibility index (Phi) is 2.52. The average molecular weight is 260 g/mol. The van der Waals surface area contributed by atoms with E-state index in [0.29, 0.717) is 16.6 Å². The van der Waals surface area contributed by atoms with Crippen molar-refractivity contribution in [3.63, 3.8) is 0 Å². The van der Waals surface area contributed by atoms with Crippen molar-refractivity contribution >= 4 is 5.78 Å². The smallest absolute Gasteiger partial charge is 0.133 e. The molecule has 0 bridgehead atoms. The second-order valence-corrected chi connectivity index (χ2v) is 8.66. The topological polar surface area (TPSA) is 17.1 Å². The van der Waals surface area contributed by atoms with E-state index in [2.05, 4.69) is 13.8 Å². The predicted octanol–water partition coefficient (Wildman–Crippen LogP) is 4.60. The molecule has 4 rings (SSSR count). The van der Waals surface area contributed by atoms with Gasteiger partial charge in [-0.15, -0.1) is 0 Å². The van der Waals surface area contributed by atoms with Crippen molar-refractivity contribution in [2.75, 3.05) is 0 Å². The lowest BCUT2D eigenvalue weighted by Gasteiger charge is -2.56. The van der Waals surface area contributed by atoms with Gasteiger partial charge in [-0.2, -0.15) is 0 Å². The van der Waals surface area contributed by atoms with Crippen molar-refractivity contribution in [2.45, 2.75) is 71.6 Å². The number of hydrogen-bond acceptors (Lipinski definition) is 1. The highest BCUT2D eigenvalue weighted by Crippen LogP contribution is 2.66. The van der Waals surface area contributed by atoms with Gasteiger partial charge in [0.25, 0.3) is 0 Å². The molecule has 6 atom stereocenters. The molecule has 0 radical (unpaired) electrons. The zero-order chi connectivity index (χ0) is 13.3. The van der Waals surface area contributed by atoms with Gasteiger partial charge in [-0.05, 0) is 73.0 Å². The van der Waals surface area contributed by atoms with E-state index in [4.69, 9.17) is 0 Å². The zero-order valence-electron chi connectivity index (χ0n) is 12.6. The molecule has 0 heterocycles. The van der Waals surface area contributed by atoms with Crippen LogP contribution < -0.4 is 0 Å². The molecule has 0 aromatic carbocycles. The van der Waals surface area contributed by atoms with Gasteiger partial charge >= 0.3 is 0 Å². The highest BCUT2D eigenvalue weighted by atomic mass is 16.1. The van der Waals surface area contributed by atoms with Gasteiger partial charge < -0.3 is 0 Å². The average Bonchev–Trinajstić information content (AvgIpc) is 2.87. The minimum atomic E-state index is 0.379. The van der Waals surface area contributed by atoms with Crippen LogP contribution in [0.4, 0.5) is 0 Å². The van der Waals surface area contributed by atoms with E-state index in [1.54, 1.807) is 0 Å². The molecule has 4 saturated carbocycles. The summed E-state index contributed by atoms with van der Waals surface area (Å²) in [6.07, 6.45) is 11.8. The van der Waals surface area contributed by atoms with Crippen molar-refractivity contribution in [3.05, 3.63) is 0 Å². The van der Waals surface area contributed by atoms with Crippen LogP contribution in [0, 0.1) is 34.5 Å². The molecule has 106 valence electrons. The van der Waals surface area contributed by atoms with E-state index >= 15 is 0 Å². The Morgan fingerprint density at radius 1 is 1.00 bits per heavy atom. The van der Waals surface area contributed by atoms with E-state index < -0.39 is 0 Å². The van der Waals surface area contributed by atoms with Crippen LogP contribution in [-0.2, 0) is 4.79 Å². The molecule has 4 aliphatic rings. The van der Waals surface area contributed by atoms with Crippen molar-refractivity contribution in [1.29, 1.82) is 0 Å². The van der Waals surface area contributed by atoms with Gasteiger partial charge in [-0.25, -0.2) is 0 Å². The summed E-state index contributed by atoms with van der Waals surface area (Å²) < 4.78 is 0. The third kappa shape index (κ3) is 1.56. The summed E-state index contributed by atoms with van der Waals surface area (Å²) in [4.78, 5) is 12.0. The van der Waals surface area contributed by atoms with Crippen LogP contribution in [0.3, 0.4) is 0 Å². The molecule has 0 unspecified atom stereocenters. The molecule has 0 N–H and O–H groups in total. The van der Waals surface area contributed by atoms with E-state index in [9.17, 15) is 4.79 Å². The van der Waals surface area contributed by atoms with Crippen molar-refractivity contribution in [3.8, 4) is 0 Å². The molecule has 0 amide bonds. The lowest BCUT2D eigenvalue weighted by Crippen LogP contribution is -2.49. The number of rotatable bonds is 0. The van der Waals surface area contributed by atoms with Crippen LogP contribution in [0.1, 0.15) is 71.6 Å². The zero-order valence-corrected chi connectivity index (χ0v) is 12.6. The summed E-state index contributed by atoms with van der Waals surface area (Å²) >= 11 is 0. The maximum absolute atomic E-state index is 12.0. The minimum absolute atomic E-state index is 0.379. The predicted molar refractivity (Wildman–Crippen MR) is 76.7 cm³/mol. The van der Waals surface area contributed by atoms with Crippen LogP contribution in [0.5, 0.6) is 0 Å². The van der Waals surface area contributed by atoms with E-state index in [1.807, 2.05) is 0 Å². The summed E-state index contributed by atoms with van der Waals surface area (Å²) in [5.74, 6) is 4.10. The maximum atomic E-state index is 12.0. The van der Waals surface area contributed by atoms with Crippen LogP contribution in [0.25, 0.3) is 0 Å². The molecule has 1 heteroatoms. The fraction of sp³-hybridized carbons (Fsp3) is 0.944. The Morgan fingerprint density at radius 3 is 2.68 bits per heavy atom. The second kappa shape index (κ2) is 3.86. The Bertz CT molecular complexity index is 414. The molecule has 19 heavy (non-hydrogen) atoms. The van der Waals surface area contributed by atoms with Crippen molar-refractivity contribution in [1.82, 2.24) is 0 Å². The highest BCUT2D eigenvalue weighted by Gasteiger charge is 2.59. The third-order valence-electron chi connectivity index (χ3n) is 7.90. The van der Waals surface area contributed by atoms with Gasteiger partial charge in [0.2, 0.25) is 0 Å². The first kappa shape index (κ1) is 12.4. The van der Waals surface area contributed by atoms with Crippen molar-refractivity contribution in [2.24, 2.45) is 34.5 Å². The van der Waals surface area contributed by atoms with E-state index in [0.717, 1.165) is 36.5 Å². The van der Waals surface area contributed by atoms with Crippen LogP contribution in [0.2, 0.25) is 0 Å². The number of Topliss-reactive ketones (excluding diaryl/α,β-unsaturated/α-hetero) is 1. The maximum Gasteiger partial charge on any atom is 0.133 e. The molecule has 0 aliphatic heterocycles. The monoisotopic (exact) mass is 260 g/mol. The van der Waals surface area contributed by atoms with Crippen LogP contribution >= 0.6 is 0 Å². The number of carbonyl (C=O) groups is 1. The quantitative estimate of drug-likeness (QED) is 0.622. The molecule has 0 spiro atoms. The second-order valence-electron chi connectivity index (χ2n) is 8.66. The largest absolute Gasteiger partial charge is 0.300 e. The Balaban J connectivity index is 1.67. The van der Waals surface area contributed by atoms with Gasteiger partial charge in [-0.1, -0.05) is 20.3 Å². The summed E-state index contributed by atoms with van der Waals surface area (Å²) in [5.41, 5.74) is 1.04. The molecule has 0 saturated heterocycles. The lowest BCUT2D eigenvalue weighted by atomic mass is 9.48. The molecule has 0 aromatic heterocycles. The lowest BCUT2D eigenvalue weighted by molar-refractivity contribution is -0.118. The number of carbonyl (C=O) groups excluding carboxylic acids is 1. The molecule has 4 aliphatic carbocycles. The Morgan fingerprint density at radius 2 is 1.84 bits per heavy atom. The first-order valence-electron chi connectivity index (χ1n) is 8.55. The molecule has 0 aromatic rings.